The van der Waals surface area contributed by atoms with E-state index in [2.05, 4.69) is 23.5 Å². The van der Waals surface area contributed by atoms with E-state index in [1.54, 1.807) is 5.57 Å². The standard InChI is InChI=1S/C9H13N/c1-2-4-9-5-8(3-1)6-10-7-9/h1-2,5,8,10H,3-4,6-7H2. The lowest BCUT2D eigenvalue weighted by molar-refractivity contribution is 0.552. The van der Waals surface area contributed by atoms with Crippen LogP contribution in [-0.4, -0.2) is 13.1 Å². The Morgan fingerprint density at radius 1 is 1.40 bits per heavy atom. The van der Waals surface area contributed by atoms with Crippen LogP contribution in [-0.2, 0) is 0 Å². The summed E-state index contributed by atoms with van der Waals surface area (Å²) in [6.45, 7) is 2.29. The van der Waals surface area contributed by atoms with E-state index in [9.17, 15) is 0 Å². The van der Waals surface area contributed by atoms with E-state index in [1.807, 2.05) is 0 Å². The molecular weight excluding hydrogens is 122 g/mol. The maximum atomic E-state index is 3.42. The Kier molecular flexibility index (Phi) is 1.60. The molecule has 10 heavy (non-hydrogen) atoms. The van der Waals surface area contributed by atoms with Crippen LogP contribution in [0.25, 0.3) is 0 Å². The third-order valence-electron chi connectivity index (χ3n) is 2.22. The molecule has 1 aliphatic carbocycles. The first-order valence-corrected chi connectivity index (χ1v) is 4.00. The molecule has 0 saturated carbocycles. The third-order valence-corrected chi connectivity index (χ3v) is 2.22. The van der Waals surface area contributed by atoms with Crippen LogP contribution in [0.4, 0.5) is 0 Å². The van der Waals surface area contributed by atoms with E-state index < -0.39 is 0 Å². The summed E-state index contributed by atoms with van der Waals surface area (Å²) in [4.78, 5) is 0. The molecule has 0 radical (unpaired) electrons. The summed E-state index contributed by atoms with van der Waals surface area (Å²) in [5.74, 6) is 0.780. The van der Waals surface area contributed by atoms with Gasteiger partial charge < -0.3 is 5.32 Å². The fourth-order valence-corrected chi connectivity index (χ4v) is 1.67. The molecule has 0 amide bonds. The van der Waals surface area contributed by atoms with Crippen molar-refractivity contribution >= 4 is 0 Å². The zero-order valence-corrected chi connectivity index (χ0v) is 6.14. The van der Waals surface area contributed by atoms with Crippen molar-refractivity contribution in [1.82, 2.24) is 5.32 Å². The molecule has 1 N–H and O–H groups in total. The Morgan fingerprint density at radius 2 is 2.40 bits per heavy atom. The number of hydrogen-bond acceptors (Lipinski definition) is 1. The van der Waals surface area contributed by atoms with Gasteiger partial charge in [0.25, 0.3) is 0 Å². The van der Waals surface area contributed by atoms with Gasteiger partial charge in [-0.1, -0.05) is 23.8 Å². The van der Waals surface area contributed by atoms with Crippen LogP contribution in [0.15, 0.2) is 23.8 Å². The van der Waals surface area contributed by atoms with Gasteiger partial charge in [0, 0.05) is 13.1 Å². The molecule has 0 fully saturated rings. The molecule has 2 aliphatic rings. The average Bonchev–Trinajstić information content (AvgIpc) is 2.12. The Morgan fingerprint density at radius 3 is 3.40 bits per heavy atom. The van der Waals surface area contributed by atoms with Crippen LogP contribution in [0.5, 0.6) is 0 Å². The molecule has 1 unspecified atom stereocenters. The van der Waals surface area contributed by atoms with Gasteiger partial charge in [0.2, 0.25) is 0 Å². The normalized spacial score (nSPS) is 31.2. The highest BCUT2D eigenvalue weighted by Gasteiger charge is 2.12. The molecule has 1 heteroatoms. The fourth-order valence-electron chi connectivity index (χ4n) is 1.67. The number of hydrogen-bond donors (Lipinski definition) is 1. The molecule has 2 bridgehead atoms. The fraction of sp³-hybridized carbons (Fsp3) is 0.556. The molecule has 0 saturated heterocycles. The molecule has 1 nitrogen and oxygen atoms in total. The summed E-state index contributed by atoms with van der Waals surface area (Å²) in [5, 5.41) is 3.42. The number of allylic oxidation sites excluding steroid dienone is 2. The first kappa shape index (κ1) is 6.17. The van der Waals surface area contributed by atoms with Crippen LogP contribution in [0, 0.1) is 5.92 Å². The second kappa shape index (κ2) is 2.59. The zero-order chi connectivity index (χ0) is 6.81. The van der Waals surface area contributed by atoms with E-state index in [1.165, 1.54) is 19.4 Å². The van der Waals surface area contributed by atoms with Crippen molar-refractivity contribution in [2.75, 3.05) is 13.1 Å². The summed E-state index contributed by atoms with van der Waals surface area (Å²) in [7, 11) is 0. The van der Waals surface area contributed by atoms with Gasteiger partial charge in [0.1, 0.15) is 0 Å². The van der Waals surface area contributed by atoms with E-state index in [0.717, 1.165) is 12.5 Å². The van der Waals surface area contributed by atoms with Gasteiger partial charge in [-0.3, -0.25) is 0 Å². The first-order chi connectivity index (χ1) is 4.95. The molecule has 1 heterocycles. The third kappa shape index (κ3) is 1.14. The zero-order valence-electron chi connectivity index (χ0n) is 6.14. The van der Waals surface area contributed by atoms with Crippen molar-refractivity contribution in [3.05, 3.63) is 23.8 Å². The highest BCUT2D eigenvalue weighted by Crippen LogP contribution is 2.18. The van der Waals surface area contributed by atoms with Gasteiger partial charge in [-0.15, -0.1) is 0 Å². The van der Waals surface area contributed by atoms with Gasteiger partial charge in [-0.2, -0.15) is 0 Å². The maximum absolute atomic E-state index is 3.42. The molecule has 2 rings (SSSR count). The quantitative estimate of drug-likeness (QED) is 0.496. The second-order valence-corrected chi connectivity index (χ2v) is 3.13. The minimum absolute atomic E-state index is 0.780. The second-order valence-electron chi connectivity index (χ2n) is 3.13. The smallest absolute Gasteiger partial charge is 0.0168 e. The van der Waals surface area contributed by atoms with Crippen LogP contribution in [0.2, 0.25) is 0 Å². The molecule has 0 aromatic heterocycles. The van der Waals surface area contributed by atoms with Crippen LogP contribution in [0.3, 0.4) is 0 Å². The Bertz CT molecular complexity index is 179. The van der Waals surface area contributed by atoms with Crippen molar-refractivity contribution in [3.63, 3.8) is 0 Å². The number of rotatable bonds is 0. The Hall–Kier alpha value is -0.560. The van der Waals surface area contributed by atoms with Gasteiger partial charge >= 0.3 is 0 Å². The van der Waals surface area contributed by atoms with E-state index in [0.29, 0.717) is 0 Å². The summed E-state index contributed by atoms with van der Waals surface area (Å²) in [5.41, 5.74) is 1.57. The largest absolute Gasteiger partial charge is 0.312 e. The van der Waals surface area contributed by atoms with Crippen LogP contribution in [0.1, 0.15) is 12.8 Å². The van der Waals surface area contributed by atoms with Crippen molar-refractivity contribution < 1.29 is 0 Å². The highest BCUT2D eigenvalue weighted by atomic mass is 14.9. The topological polar surface area (TPSA) is 12.0 Å². The number of fused-ring (bicyclic) bond motifs is 1. The molecular formula is C9H13N. The van der Waals surface area contributed by atoms with Crippen molar-refractivity contribution in [2.45, 2.75) is 12.8 Å². The lowest BCUT2D eigenvalue weighted by Gasteiger charge is -2.18. The highest BCUT2D eigenvalue weighted by molar-refractivity contribution is 5.17. The van der Waals surface area contributed by atoms with Crippen molar-refractivity contribution in [3.8, 4) is 0 Å². The lowest BCUT2D eigenvalue weighted by atomic mass is 10.00. The van der Waals surface area contributed by atoms with Gasteiger partial charge in [0.05, 0.1) is 0 Å². The predicted molar refractivity (Wildman–Crippen MR) is 42.8 cm³/mol. The minimum Gasteiger partial charge on any atom is -0.312 e. The summed E-state index contributed by atoms with van der Waals surface area (Å²) < 4.78 is 0. The summed E-state index contributed by atoms with van der Waals surface area (Å²) in [6.07, 6.45) is 9.44. The van der Waals surface area contributed by atoms with Crippen molar-refractivity contribution in [2.24, 2.45) is 5.92 Å². The molecule has 54 valence electrons. The Balaban J connectivity index is 2.18. The first-order valence-electron chi connectivity index (χ1n) is 4.00. The predicted octanol–water partition coefficient (Wildman–Crippen LogP) is 1.48. The lowest BCUT2D eigenvalue weighted by Crippen LogP contribution is -2.28. The van der Waals surface area contributed by atoms with Crippen LogP contribution < -0.4 is 5.32 Å². The molecule has 0 spiro atoms. The summed E-state index contributed by atoms with van der Waals surface area (Å²) >= 11 is 0. The average molecular weight is 135 g/mol. The minimum atomic E-state index is 0.780. The summed E-state index contributed by atoms with van der Waals surface area (Å²) in [6, 6.07) is 0. The van der Waals surface area contributed by atoms with Gasteiger partial charge in [0.15, 0.2) is 0 Å². The SMILES string of the molecule is C1=CCC2C=C(C1)CNC2. The van der Waals surface area contributed by atoms with Gasteiger partial charge in [-0.25, -0.2) is 0 Å². The molecule has 0 aromatic rings. The Labute approximate surface area is 61.8 Å². The van der Waals surface area contributed by atoms with Gasteiger partial charge in [-0.05, 0) is 18.8 Å². The van der Waals surface area contributed by atoms with E-state index in [4.69, 9.17) is 0 Å². The molecule has 0 aromatic carbocycles. The molecule has 1 aliphatic heterocycles. The van der Waals surface area contributed by atoms with E-state index >= 15 is 0 Å². The number of nitrogens with one attached hydrogen (secondary N) is 1. The monoisotopic (exact) mass is 135 g/mol. The van der Waals surface area contributed by atoms with Crippen molar-refractivity contribution in [1.29, 1.82) is 0 Å². The maximum Gasteiger partial charge on any atom is 0.0168 e. The van der Waals surface area contributed by atoms with Crippen LogP contribution >= 0.6 is 0 Å². The van der Waals surface area contributed by atoms with E-state index in [-0.39, 0.29) is 0 Å². The molecule has 1 atom stereocenters.